The van der Waals surface area contributed by atoms with Crippen LogP contribution in [0.4, 0.5) is 0 Å². The molecule has 6 heteroatoms. The molecule has 5 nitrogen and oxygen atoms in total. The van der Waals surface area contributed by atoms with Crippen LogP contribution in [0.15, 0.2) is 4.90 Å². The molecule has 0 aliphatic heterocycles. The molecule has 2 aliphatic rings. The lowest BCUT2D eigenvalue weighted by Crippen LogP contribution is -2.35. The zero-order valence-corrected chi connectivity index (χ0v) is 12.3. The quantitative estimate of drug-likeness (QED) is 0.866. The number of hydrogen-bond acceptors (Lipinski definition) is 3. The number of sulfonamides is 1. The van der Waals surface area contributed by atoms with Crippen molar-refractivity contribution in [2.24, 2.45) is 11.8 Å². The Morgan fingerprint density at radius 3 is 2.05 bits per heavy atom. The summed E-state index contributed by atoms with van der Waals surface area (Å²) in [6, 6.07) is 0. The van der Waals surface area contributed by atoms with Gasteiger partial charge in [0.1, 0.15) is 4.90 Å². The number of nitrogens with one attached hydrogen (secondary N) is 1. The van der Waals surface area contributed by atoms with Crippen molar-refractivity contribution in [1.82, 2.24) is 14.5 Å². The Kier molecular flexibility index (Phi) is 3.17. The molecule has 0 atom stereocenters. The summed E-state index contributed by atoms with van der Waals surface area (Å²) >= 11 is 0. The van der Waals surface area contributed by atoms with Gasteiger partial charge in [-0.05, 0) is 51.4 Å². The molecule has 0 amide bonds. The number of aryl methyl sites for hydroxylation is 2. The lowest BCUT2D eigenvalue weighted by molar-refractivity contribution is 0.381. The molecule has 0 saturated heterocycles. The minimum atomic E-state index is -3.39. The second kappa shape index (κ2) is 4.59. The van der Waals surface area contributed by atoms with E-state index in [9.17, 15) is 8.42 Å². The number of aromatic nitrogens is 2. The van der Waals surface area contributed by atoms with Gasteiger partial charge in [0.15, 0.2) is 0 Å². The summed E-state index contributed by atoms with van der Waals surface area (Å²) in [5, 5.41) is 6.80. The fourth-order valence-corrected chi connectivity index (χ4v) is 4.42. The Labute approximate surface area is 114 Å². The highest BCUT2D eigenvalue weighted by atomic mass is 32.2. The molecule has 0 spiro atoms. The average Bonchev–Trinajstić information content (AvgIpc) is 3.21. The van der Waals surface area contributed by atoms with E-state index in [1.807, 2.05) is 0 Å². The summed E-state index contributed by atoms with van der Waals surface area (Å²) in [7, 11) is -3.39. The number of hydrogen-bond donors (Lipinski definition) is 1. The Hall–Kier alpha value is -0.880. The van der Waals surface area contributed by atoms with Crippen LogP contribution in [-0.4, -0.2) is 36.0 Å². The van der Waals surface area contributed by atoms with Crippen molar-refractivity contribution in [1.29, 1.82) is 0 Å². The third-order valence-electron chi connectivity index (χ3n) is 3.98. The van der Waals surface area contributed by atoms with Gasteiger partial charge in [-0.3, -0.25) is 5.10 Å². The van der Waals surface area contributed by atoms with Crippen molar-refractivity contribution >= 4 is 10.0 Å². The maximum atomic E-state index is 12.8. The largest absolute Gasteiger partial charge is 0.281 e. The van der Waals surface area contributed by atoms with Crippen LogP contribution < -0.4 is 0 Å². The number of rotatable bonds is 6. The van der Waals surface area contributed by atoms with Gasteiger partial charge < -0.3 is 0 Å². The van der Waals surface area contributed by atoms with E-state index >= 15 is 0 Å². The summed E-state index contributed by atoms with van der Waals surface area (Å²) in [6.45, 7) is 4.90. The standard InChI is InChI=1S/C13H21N3O2S/c1-9-13(10(2)15-14-9)19(17,18)16(7-11-3-4-11)8-12-5-6-12/h11-12H,3-8H2,1-2H3,(H,14,15). The molecule has 2 fully saturated rings. The lowest BCUT2D eigenvalue weighted by atomic mass is 10.4. The third kappa shape index (κ3) is 2.69. The predicted octanol–water partition coefficient (Wildman–Crippen LogP) is 1.84. The minimum absolute atomic E-state index is 0.383. The van der Waals surface area contributed by atoms with Gasteiger partial charge >= 0.3 is 0 Å². The fraction of sp³-hybridized carbons (Fsp3) is 0.769. The number of H-pyrrole nitrogens is 1. The number of aromatic amines is 1. The van der Waals surface area contributed by atoms with Crippen molar-refractivity contribution in [2.45, 2.75) is 44.4 Å². The summed E-state index contributed by atoms with van der Waals surface area (Å²) in [5.74, 6) is 1.14. The zero-order valence-electron chi connectivity index (χ0n) is 11.5. The molecule has 106 valence electrons. The van der Waals surface area contributed by atoms with Crippen LogP contribution >= 0.6 is 0 Å². The maximum Gasteiger partial charge on any atom is 0.246 e. The van der Waals surface area contributed by atoms with E-state index in [2.05, 4.69) is 10.2 Å². The molecule has 3 rings (SSSR count). The SMILES string of the molecule is Cc1n[nH]c(C)c1S(=O)(=O)N(CC1CC1)CC1CC1. The van der Waals surface area contributed by atoms with E-state index in [0.717, 1.165) is 0 Å². The van der Waals surface area contributed by atoms with Crippen LogP contribution in [0.5, 0.6) is 0 Å². The highest BCUT2D eigenvalue weighted by Crippen LogP contribution is 2.36. The molecule has 0 aromatic carbocycles. The predicted molar refractivity (Wildman–Crippen MR) is 72.3 cm³/mol. The fourth-order valence-electron chi connectivity index (χ4n) is 2.50. The molecule has 1 heterocycles. The normalized spacial score (nSPS) is 20.2. The zero-order chi connectivity index (χ0) is 13.6. The van der Waals surface area contributed by atoms with Gasteiger partial charge in [-0.2, -0.15) is 9.40 Å². The summed E-state index contributed by atoms with van der Waals surface area (Å²) in [6.07, 6.45) is 4.67. The van der Waals surface area contributed by atoms with Gasteiger partial charge in [-0.1, -0.05) is 0 Å². The minimum Gasteiger partial charge on any atom is -0.281 e. The van der Waals surface area contributed by atoms with E-state index in [4.69, 9.17) is 0 Å². The molecule has 2 saturated carbocycles. The van der Waals surface area contributed by atoms with Gasteiger partial charge in [-0.15, -0.1) is 0 Å². The van der Waals surface area contributed by atoms with E-state index in [0.29, 0.717) is 41.2 Å². The molecule has 2 aliphatic carbocycles. The van der Waals surface area contributed by atoms with Crippen molar-refractivity contribution in [2.75, 3.05) is 13.1 Å². The first-order valence-corrected chi connectivity index (χ1v) is 8.44. The van der Waals surface area contributed by atoms with Gasteiger partial charge in [0.25, 0.3) is 0 Å². The first kappa shape index (κ1) is 13.1. The van der Waals surface area contributed by atoms with Crippen molar-refractivity contribution < 1.29 is 8.42 Å². The van der Waals surface area contributed by atoms with Crippen molar-refractivity contribution in [3.05, 3.63) is 11.4 Å². The Morgan fingerprint density at radius 2 is 1.68 bits per heavy atom. The molecular weight excluding hydrogens is 262 g/mol. The smallest absolute Gasteiger partial charge is 0.246 e. The maximum absolute atomic E-state index is 12.8. The van der Waals surface area contributed by atoms with Gasteiger partial charge in [-0.25, -0.2) is 8.42 Å². The molecule has 0 bridgehead atoms. The average molecular weight is 283 g/mol. The molecular formula is C13H21N3O2S. The molecule has 0 unspecified atom stereocenters. The van der Waals surface area contributed by atoms with Crippen molar-refractivity contribution in [3.8, 4) is 0 Å². The first-order chi connectivity index (χ1) is 8.98. The summed E-state index contributed by atoms with van der Waals surface area (Å²) < 4.78 is 27.4. The lowest BCUT2D eigenvalue weighted by Gasteiger charge is -2.22. The Balaban J connectivity index is 1.89. The molecule has 1 aromatic rings. The van der Waals surface area contributed by atoms with Crippen LogP contribution in [0.1, 0.15) is 37.1 Å². The van der Waals surface area contributed by atoms with Crippen LogP contribution in [0.2, 0.25) is 0 Å². The van der Waals surface area contributed by atoms with E-state index in [1.54, 1.807) is 18.2 Å². The molecule has 0 radical (unpaired) electrons. The highest BCUT2D eigenvalue weighted by Gasteiger charge is 2.37. The second-order valence-electron chi connectivity index (χ2n) is 5.97. The van der Waals surface area contributed by atoms with E-state index in [1.165, 1.54) is 25.7 Å². The van der Waals surface area contributed by atoms with Gasteiger partial charge in [0.2, 0.25) is 10.0 Å². The molecule has 19 heavy (non-hydrogen) atoms. The Bertz CT molecular complexity index is 537. The highest BCUT2D eigenvalue weighted by molar-refractivity contribution is 7.89. The van der Waals surface area contributed by atoms with E-state index < -0.39 is 10.0 Å². The third-order valence-corrected chi connectivity index (χ3v) is 6.07. The van der Waals surface area contributed by atoms with Crippen LogP contribution in [0.25, 0.3) is 0 Å². The summed E-state index contributed by atoms with van der Waals surface area (Å²) in [4.78, 5) is 0.383. The Morgan fingerprint density at radius 1 is 1.16 bits per heavy atom. The van der Waals surface area contributed by atoms with Crippen LogP contribution in [0.3, 0.4) is 0 Å². The van der Waals surface area contributed by atoms with Crippen molar-refractivity contribution in [3.63, 3.8) is 0 Å². The molecule has 1 aromatic heterocycles. The van der Waals surface area contributed by atoms with Gasteiger partial charge in [0, 0.05) is 13.1 Å². The summed E-state index contributed by atoms with van der Waals surface area (Å²) in [5.41, 5.74) is 1.23. The van der Waals surface area contributed by atoms with Gasteiger partial charge in [0.05, 0.1) is 11.4 Å². The first-order valence-electron chi connectivity index (χ1n) is 7.00. The monoisotopic (exact) mass is 283 g/mol. The van der Waals surface area contributed by atoms with Crippen LogP contribution in [0, 0.1) is 25.7 Å². The van der Waals surface area contributed by atoms with Crippen LogP contribution in [-0.2, 0) is 10.0 Å². The molecule has 1 N–H and O–H groups in total. The van der Waals surface area contributed by atoms with E-state index in [-0.39, 0.29) is 0 Å². The number of nitrogens with zero attached hydrogens (tertiary/aromatic N) is 2. The second-order valence-corrected chi connectivity index (χ2v) is 7.85. The topological polar surface area (TPSA) is 66.1 Å².